The first-order valence-corrected chi connectivity index (χ1v) is 36.0. The van der Waals surface area contributed by atoms with Crippen molar-refractivity contribution in [3.63, 3.8) is 0 Å². The van der Waals surface area contributed by atoms with Gasteiger partial charge in [-0.15, -0.1) is 23.3 Å². The van der Waals surface area contributed by atoms with Crippen molar-refractivity contribution in [1.29, 1.82) is 0 Å². The number of nitrogens with zero attached hydrogens (tertiary/aromatic N) is 1. The average molecular weight is 1030 g/mol. The molecule has 5 aromatic rings. The molecule has 0 spiro atoms. The van der Waals surface area contributed by atoms with Crippen molar-refractivity contribution in [1.82, 2.24) is 0 Å². The quantitative estimate of drug-likeness (QED) is 0.0262. The average Bonchev–Trinajstić information content (AvgIpc) is 3.33. The Morgan fingerprint density at radius 1 is 0.448 bits per heavy atom. The van der Waals surface area contributed by atoms with Gasteiger partial charge in [-0.25, -0.2) is 0 Å². The third-order valence-electron chi connectivity index (χ3n) is 13.6. The third kappa shape index (κ3) is 14.5. The second kappa shape index (κ2) is 26.6. The molecule has 0 aliphatic carbocycles. The molecule has 0 heterocycles. The second-order valence-electron chi connectivity index (χ2n) is 18.3. The molecule has 0 radical (unpaired) electrons. The first-order valence-electron chi connectivity index (χ1n) is 24.9. The summed E-state index contributed by atoms with van der Waals surface area (Å²) in [5.74, 6) is 0. The van der Waals surface area contributed by atoms with E-state index in [1.165, 1.54) is 64.8 Å². The topological polar surface area (TPSA) is 3.24 Å². The lowest BCUT2D eigenvalue weighted by Crippen LogP contribution is -2.47. The maximum Gasteiger partial charge on any atom is 0.238 e. The zero-order valence-corrected chi connectivity index (χ0v) is 46.3. The van der Waals surface area contributed by atoms with Crippen LogP contribution in [0.1, 0.15) is 119 Å². The first-order chi connectivity index (χ1) is 32.2. The molecular formula is C54H75F6NP2S2Si2. The number of hydrogen-bond donors (Lipinski definition) is 0. The lowest BCUT2D eigenvalue weighted by Gasteiger charge is -2.37. The minimum Gasteiger partial charge on any atom is -0.312 e. The fraction of sp³-hybridized carbons (Fsp3) is 0.444. The van der Waals surface area contributed by atoms with Crippen LogP contribution in [0, 0.1) is 0 Å². The van der Waals surface area contributed by atoms with Crippen molar-refractivity contribution in [3.05, 3.63) is 121 Å². The molecule has 0 saturated carbocycles. The summed E-state index contributed by atoms with van der Waals surface area (Å²) in [6, 6.07) is 43.4. The largest absolute Gasteiger partial charge is 0.312 e. The van der Waals surface area contributed by atoms with Gasteiger partial charge in [0.25, 0.3) is 0 Å². The minimum absolute atomic E-state index is 0.0502. The summed E-state index contributed by atoms with van der Waals surface area (Å²) in [5, 5.41) is 2.80. The number of unbranched alkanes of at least 4 members (excludes halogenated alkanes) is 6. The maximum atomic E-state index is 16.0. The van der Waals surface area contributed by atoms with Crippen LogP contribution in [-0.2, 0) is 0 Å². The van der Waals surface area contributed by atoms with Crippen molar-refractivity contribution < 1.29 is 23.3 Å². The number of para-hydroxylation sites is 1. The van der Waals surface area contributed by atoms with Crippen LogP contribution in [0.15, 0.2) is 131 Å². The van der Waals surface area contributed by atoms with Gasteiger partial charge in [0.05, 0.1) is 33.7 Å². The fourth-order valence-corrected chi connectivity index (χ4v) is 29.4. The van der Waals surface area contributed by atoms with E-state index in [1.807, 2.05) is 47.1 Å². The Morgan fingerprint density at radius 3 is 1.30 bits per heavy atom. The summed E-state index contributed by atoms with van der Waals surface area (Å²) >= 11 is -11.6. The van der Waals surface area contributed by atoms with Gasteiger partial charge in [0.2, 0.25) is 22.4 Å². The van der Waals surface area contributed by atoms with Crippen LogP contribution in [0.4, 0.5) is 34.7 Å². The van der Waals surface area contributed by atoms with Gasteiger partial charge in [0.15, 0.2) is 0 Å². The minimum atomic E-state index is -5.86. The summed E-state index contributed by atoms with van der Waals surface area (Å²) in [7, 11) is -6.55. The molecule has 0 saturated heterocycles. The van der Waals surface area contributed by atoms with Crippen LogP contribution in [-0.4, -0.2) is 16.1 Å². The van der Waals surface area contributed by atoms with Crippen LogP contribution in [0.2, 0.25) is 36.3 Å². The smallest absolute Gasteiger partial charge is 0.238 e. The standard InChI is InChI=1S/C54H75F6NP2S2Si2/c1-7-13-39-66(40-14-8-2,41-15-9-3)48-35-31-45(32-36-48)50-27-24-28-51(54(50)65(58,59)60)62-63(52-29-22-23-30-53(52)64(55,56)57)61(46-25-20-19-21-26-46)47-33-37-49(38-34-47)67(42-16-10-4,43-17-11-5)44-18-12-6/h19-38,62H,7-18,39-44H2,1-6H3. The Balaban J connectivity index is 1.72. The fourth-order valence-electron chi connectivity index (χ4n) is 9.88. The molecule has 67 heavy (non-hydrogen) atoms. The van der Waals surface area contributed by atoms with E-state index in [2.05, 4.69) is 77.9 Å². The second-order valence-corrected chi connectivity index (χ2v) is 34.3. The summed E-state index contributed by atoms with van der Waals surface area (Å²) in [6.07, 6.45) is 13.6. The molecule has 2 atom stereocenters. The lowest BCUT2D eigenvalue weighted by molar-refractivity contribution is 0.633. The molecule has 368 valence electrons. The van der Waals surface area contributed by atoms with E-state index in [-0.39, 0.29) is 16.2 Å². The van der Waals surface area contributed by atoms with Gasteiger partial charge >= 0.3 is 0 Å². The highest BCUT2D eigenvalue weighted by molar-refractivity contribution is 8.30. The zero-order valence-electron chi connectivity index (χ0n) is 40.8. The van der Waals surface area contributed by atoms with Crippen LogP contribution >= 0.6 is 38.4 Å². The van der Waals surface area contributed by atoms with E-state index in [0.717, 1.165) is 83.1 Å². The predicted octanol–water partition coefficient (Wildman–Crippen LogP) is 19.9. The first kappa shape index (κ1) is 55.4. The third-order valence-corrected chi connectivity index (χ3v) is 31.9. The summed E-state index contributed by atoms with van der Waals surface area (Å²) in [4.78, 5) is -1.41. The molecule has 5 rings (SSSR count). The van der Waals surface area contributed by atoms with E-state index in [0.29, 0.717) is 16.9 Å². The number of rotatable bonds is 29. The number of anilines is 2. The van der Waals surface area contributed by atoms with Crippen molar-refractivity contribution in [2.24, 2.45) is 0 Å². The molecule has 1 nitrogen and oxygen atoms in total. The molecule has 0 N–H and O–H groups in total. The van der Waals surface area contributed by atoms with E-state index in [1.54, 1.807) is 18.2 Å². The van der Waals surface area contributed by atoms with Crippen molar-refractivity contribution >= 4 is 86.9 Å². The zero-order chi connectivity index (χ0) is 48.5. The molecule has 0 aromatic heterocycles. The van der Waals surface area contributed by atoms with Gasteiger partial charge in [0, 0.05) is 22.2 Å². The Morgan fingerprint density at radius 2 is 0.866 bits per heavy atom. The van der Waals surface area contributed by atoms with Gasteiger partial charge < -0.3 is 4.67 Å². The van der Waals surface area contributed by atoms with E-state index < -0.39 is 64.3 Å². The van der Waals surface area contributed by atoms with Crippen LogP contribution < -0.4 is 25.7 Å². The molecular weight excluding hydrogens is 959 g/mol. The normalized spacial score (nSPS) is 13.6. The Labute approximate surface area is 409 Å². The molecule has 5 aromatic carbocycles. The Kier molecular flexibility index (Phi) is 22.0. The monoisotopic (exact) mass is 1030 g/mol. The molecule has 2 unspecified atom stereocenters. The van der Waals surface area contributed by atoms with Gasteiger partial charge in [-0.2, -0.15) is 0 Å². The van der Waals surface area contributed by atoms with Crippen molar-refractivity contribution in [2.45, 2.75) is 165 Å². The highest BCUT2D eigenvalue weighted by Crippen LogP contribution is 2.70. The van der Waals surface area contributed by atoms with Crippen molar-refractivity contribution in [2.75, 3.05) is 4.67 Å². The molecule has 13 heteroatoms. The molecule has 0 bridgehead atoms. The Hall–Kier alpha value is -2.53. The number of hydrogen-bond acceptors (Lipinski definition) is 1. The Bertz CT molecular complexity index is 2180. The van der Waals surface area contributed by atoms with E-state index >= 15 is 23.3 Å². The summed E-state index contributed by atoms with van der Waals surface area (Å²) in [5.41, 5.74) is 1.96. The van der Waals surface area contributed by atoms with E-state index in [9.17, 15) is 0 Å². The molecule has 0 amide bonds. The SMILES string of the molecule is CCCC[Si](CCCC)(CCCC)c1ccc(-c2cccc(PP(c3ccccc3S(F)(F)F)N(c3ccccc3)c3ccc([Si](CCCC)(CCCC)CCCC)cc3)c2S(F)(F)F)cc1. The van der Waals surface area contributed by atoms with Crippen LogP contribution in [0.25, 0.3) is 11.1 Å². The summed E-state index contributed by atoms with van der Waals surface area (Å²) < 4.78 is 95.8. The van der Waals surface area contributed by atoms with Gasteiger partial charge in [-0.3, -0.25) is 0 Å². The highest BCUT2D eigenvalue weighted by atomic mass is 32.3. The van der Waals surface area contributed by atoms with Crippen LogP contribution in [0.5, 0.6) is 0 Å². The lowest BCUT2D eigenvalue weighted by atomic mass is 10.1. The van der Waals surface area contributed by atoms with Gasteiger partial charge in [-0.05, 0) is 49.5 Å². The molecule has 0 aliphatic rings. The van der Waals surface area contributed by atoms with Crippen LogP contribution in [0.3, 0.4) is 0 Å². The maximum absolute atomic E-state index is 16.0. The summed E-state index contributed by atoms with van der Waals surface area (Å²) in [6.45, 7) is 13.4. The van der Waals surface area contributed by atoms with Gasteiger partial charge in [-0.1, -0.05) is 256 Å². The molecule has 0 fully saturated rings. The predicted molar refractivity (Wildman–Crippen MR) is 295 cm³/mol. The molecule has 0 aliphatic heterocycles. The number of benzene rings is 5. The van der Waals surface area contributed by atoms with E-state index in [4.69, 9.17) is 0 Å². The van der Waals surface area contributed by atoms with Crippen molar-refractivity contribution in [3.8, 4) is 11.1 Å². The number of halogens is 6. The highest BCUT2D eigenvalue weighted by Gasteiger charge is 2.39. The van der Waals surface area contributed by atoms with Gasteiger partial charge in [0.1, 0.15) is 0 Å².